The van der Waals surface area contributed by atoms with Gasteiger partial charge in [0.1, 0.15) is 7.05 Å². The summed E-state index contributed by atoms with van der Waals surface area (Å²) in [7, 11) is 2.20. The third kappa shape index (κ3) is 2.88. The molecule has 0 spiro atoms. The zero-order valence-electron chi connectivity index (χ0n) is 18.0. The summed E-state index contributed by atoms with van der Waals surface area (Å²) in [6.45, 7) is 9.15. The number of pyridine rings is 1. The Morgan fingerprint density at radius 1 is 0.759 bits per heavy atom. The average molecular weight is 379 g/mol. The van der Waals surface area contributed by atoms with Crippen LogP contribution in [0, 0.1) is 12.3 Å². The molecule has 0 amide bonds. The Labute approximate surface area is 173 Å². The molecule has 0 aliphatic heterocycles. The molecule has 1 aliphatic rings. The molecule has 0 saturated carbocycles. The van der Waals surface area contributed by atoms with E-state index in [4.69, 9.17) is 0 Å². The van der Waals surface area contributed by atoms with Gasteiger partial charge in [-0.3, -0.25) is 0 Å². The molecule has 29 heavy (non-hydrogen) atoms. The lowest BCUT2D eigenvalue weighted by Crippen LogP contribution is -2.32. The molecule has 1 nitrogen and oxygen atoms in total. The topological polar surface area (TPSA) is 3.88 Å². The molecule has 5 rings (SSSR count). The van der Waals surface area contributed by atoms with Crippen LogP contribution in [0.2, 0.25) is 0 Å². The van der Waals surface area contributed by atoms with Gasteiger partial charge in [0.15, 0.2) is 6.20 Å². The number of fused-ring (bicyclic) bond motifs is 5. The first-order valence-electron chi connectivity index (χ1n) is 10.5. The van der Waals surface area contributed by atoms with Crippen LogP contribution in [0.3, 0.4) is 0 Å². The summed E-state index contributed by atoms with van der Waals surface area (Å²) >= 11 is 0. The smallest absolute Gasteiger partial charge is 0.200 e. The molecule has 0 bridgehead atoms. The number of nitrogens with zero attached hydrogens (tertiary/aromatic N) is 1. The second-order valence-corrected chi connectivity index (χ2v) is 9.67. The molecular weight excluding hydrogens is 350 g/mol. The predicted molar refractivity (Wildman–Crippen MR) is 123 cm³/mol. The third-order valence-corrected chi connectivity index (χ3v) is 6.01. The summed E-state index contributed by atoms with van der Waals surface area (Å²) in [6, 6.07) is 22.6. The lowest BCUT2D eigenvalue weighted by atomic mass is 9.85. The second-order valence-electron chi connectivity index (χ2n) is 9.67. The van der Waals surface area contributed by atoms with Crippen molar-refractivity contribution in [1.82, 2.24) is 0 Å². The Balaban J connectivity index is 1.99. The Hall–Kier alpha value is -2.93. The maximum Gasteiger partial charge on any atom is 0.221 e. The molecule has 0 unspecified atom stereocenters. The molecule has 144 valence electrons. The highest BCUT2D eigenvalue weighted by Gasteiger charge is 2.29. The van der Waals surface area contributed by atoms with Crippen molar-refractivity contribution in [3.8, 4) is 33.5 Å². The minimum absolute atomic E-state index is 0.241. The summed E-state index contributed by atoms with van der Waals surface area (Å²) < 4.78 is 2.35. The number of benzene rings is 3. The maximum atomic E-state index is 2.35. The quantitative estimate of drug-likeness (QED) is 0.280. The SMILES string of the molecule is Cc1ccc2c(c1)-c1ccccc1-c1c3c-2cccc3c(CC(C)(C)C)c[n+]1C. The Morgan fingerprint density at radius 2 is 1.45 bits per heavy atom. The van der Waals surface area contributed by atoms with Crippen molar-refractivity contribution in [3.63, 3.8) is 0 Å². The van der Waals surface area contributed by atoms with Crippen molar-refractivity contribution in [2.45, 2.75) is 34.1 Å². The van der Waals surface area contributed by atoms with E-state index in [-0.39, 0.29) is 5.41 Å². The molecule has 1 aliphatic carbocycles. The van der Waals surface area contributed by atoms with Gasteiger partial charge in [0.25, 0.3) is 0 Å². The zero-order chi connectivity index (χ0) is 20.3. The Morgan fingerprint density at radius 3 is 2.21 bits per heavy atom. The molecular formula is C28H28N+. The Kier molecular flexibility index (Phi) is 3.93. The van der Waals surface area contributed by atoms with Crippen LogP contribution >= 0.6 is 0 Å². The number of rotatable bonds is 1. The van der Waals surface area contributed by atoms with Crippen LogP contribution in [0.25, 0.3) is 44.3 Å². The lowest BCUT2D eigenvalue weighted by Gasteiger charge is -2.20. The van der Waals surface area contributed by atoms with Gasteiger partial charge >= 0.3 is 0 Å². The second kappa shape index (κ2) is 6.29. The Bertz CT molecular complexity index is 1270. The first kappa shape index (κ1) is 18.1. The van der Waals surface area contributed by atoms with Gasteiger partial charge in [-0.2, -0.15) is 0 Å². The minimum atomic E-state index is 0.241. The van der Waals surface area contributed by atoms with E-state index in [1.165, 1.54) is 55.4 Å². The van der Waals surface area contributed by atoms with E-state index >= 15 is 0 Å². The number of aryl methyl sites for hydroxylation is 2. The van der Waals surface area contributed by atoms with Crippen LogP contribution in [0.15, 0.2) is 66.9 Å². The van der Waals surface area contributed by atoms with E-state index < -0.39 is 0 Å². The van der Waals surface area contributed by atoms with Gasteiger partial charge in [-0.05, 0) is 52.5 Å². The van der Waals surface area contributed by atoms with Crippen LogP contribution in [-0.4, -0.2) is 0 Å². The summed E-state index contributed by atoms with van der Waals surface area (Å²) in [5.41, 5.74) is 10.9. The van der Waals surface area contributed by atoms with Crippen molar-refractivity contribution >= 4 is 10.8 Å². The molecule has 1 aromatic heterocycles. The first-order chi connectivity index (χ1) is 13.8. The van der Waals surface area contributed by atoms with Gasteiger partial charge in [-0.15, -0.1) is 0 Å². The summed E-state index contributed by atoms with van der Waals surface area (Å²) in [5, 5.41) is 2.76. The number of hydrogen-bond acceptors (Lipinski definition) is 0. The lowest BCUT2D eigenvalue weighted by molar-refractivity contribution is -0.659. The van der Waals surface area contributed by atoms with Crippen molar-refractivity contribution < 1.29 is 4.57 Å². The van der Waals surface area contributed by atoms with Crippen molar-refractivity contribution in [1.29, 1.82) is 0 Å². The highest BCUT2D eigenvalue weighted by molar-refractivity contribution is 6.12. The van der Waals surface area contributed by atoms with Gasteiger partial charge < -0.3 is 0 Å². The van der Waals surface area contributed by atoms with E-state index in [0.29, 0.717) is 0 Å². The normalized spacial score (nSPS) is 12.4. The molecule has 0 saturated heterocycles. The number of hydrogen-bond donors (Lipinski definition) is 0. The zero-order valence-corrected chi connectivity index (χ0v) is 18.0. The fourth-order valence-corrected chi connectivity index (χ4v) is 4.92. The molecule has 0 fully saturated rings. The van der Waals surface area contributed by atoms with E-state index in [2.05, 4.69) is 106 Å². The predicted octanol–water partition coefficient (Wildman–Crippen LogP) is 6.88. The fraction of sp³-hybridized carbons (Fsp3) is 0.250. The van der Waals surface area contributed by atoms with Gasteiger partial charge in [0.05, 0.1) is 10.9 Å². The van der Waals surface area contributed by atoms with Crippen LogP contribution in [0.5, 0.6) is 0 Å². The molecule has 3 aromatic carbocycles. The van der Waals surface area contributed by atoms with Crippen molar-refractivity contribution in [3.05, 3.63) is 78.0 Å². The molecule has 0 N–H and O–H groups in total. The standard InChI is InChI=1S/C28H28N/c1-18-13-14-22-23-12-8-11-20-19(16-28(2,3)4)17-29(5)27(26(20)23)24-10-7-6-9-21(24)25(22)15-18/h6-15,17H,16H2,1-5H3/q+1. The molecule has 1 heterocycles. The summed E-state index contributed by atoms with van der Waals surface area (Å²) in [5.74, 6) is 0. The van der Waals surface area contributed by atoms with Crippen molar-refractivity contribution in [2.75, 3.05) is 0 Å². The summed E-state index contributed by atoms with van der Waals surface area (Å²) in [6.07, 6.45) is 3.41. The highest BCUT2D eigenvalue weighted by Crippen LogP contribution is 2.47. The fourth-order valence-electron chi connectivity index (χ4n) is 4.92. The molecule has 0 atom stereocenters. The largest absolute Gasteiger partial charge is 0.221 e. The average Bonchev–Trinajstić information content (AvgIpc) is 2.78. The van der Waals surface area contributed by atoms with Crippen molar-refractivity contribution in [2.24, 2.45) is 12.5 Å². The van der Waals surface area contributed by atoms with Crippen LogP contribution in [0.4, 0.5) is 0 Å². The highest BCUT2D eigenvalue weighted by atomic mass is 14.9. The molecule has 1 heteroatoms. The summed E-state index contributed by atoms with van der Waals surface area (Å²) in [4.78, 5) is 0. The van der Waals surface area contributed by atoms with Gasteiger partial charge in [-0.1, -0.05) is 80.9 Å². The first-order valence-corrected chi connectivity index (χ1v) is 10.5. The molecule has 4 aromatic rings. The van der Waals surface area contributed by atoms with E-state index in [0.717, 1.165) is 6.42 Å². The number of aromatic nitrogens is 1. The van der Waals surface area contributed by atoms with Crippen LogP contribution < -0.4 is 4.57 Å². The third-order valence-electron chi connectivity index (χ3n) is 6.01. The molecule has 0 radical (unpaired) electrons. The minimum Gasteiger partial charge on any atom is -0.200 e. The van der Waals surface area contributed by atoms with Gasteiger partial charge in [0.2, 0.25) is 5.69 Å². The van der Waals surface area contributed by atoms with Crippen LogP contribution in [-0.2, 0) is 13.5 Å². The maximum absolute atomic E-state index is 2.35. The van der Waals surface area contributed by atoms with Crippen LogP contribution in [0.1, 0.15) is 31.9 Å². The monoisotopic (exact) mass is 378 g/mol. The van der Waals surface area contributed by atoms with Gasteiger partial charge in [-0.25, -0.2) is 4.57 Å². The van der Waals surface area contributed by atoms with Gasteiger partial charge in [0, 0.05) is 5.56 Å². The van der Waals surface area contributed by atoms with E-state index in [9.17, 15) is 0 Å². The van der Waals surface area contributed by atoms with E-state index in [1.54, 1.807) is 0 Å². The van der Waals surface area contributed by atoms with E-state index in [1.807, 2.05) is 0 Å².